The maximum atomic E-state index is 12.4. The first-order valence-electron chi connectivity index (χ1n) is 7.55. The minimum atomic E-state index is 0. The average molecular weight is 364 g/mol. The van der Waals surface area contributed by atoms with Gasteiger partial charge in [-0.05, 0) is 55.3 Å². The molecular formula is C16H21Cl3N2O. The van der Waals surface area contributed by atoms with Crippen LogP contribution < -0.4 is 11.1 Å². The molecule has 2 aliphatic rings. The van der Waals surface area contributed by atoms with Crippen molar-refractivity contribution in [2.75, 3.05) is 6.54 Å². The molecule has 0 saturated heterocycles. The Morgan fingerprint density at radius 3 is 2.77 bits per heavy atom. The van der Waals surface area contributed by atoms with E-state index in [-0.39, 0.29) is 36.2 Å². The number of benzene rings is 1. The summed E-state index contributed by atoms with van der Waals surface area (Å²) in [7, 11) is 0. The zero-order chi connectivity index (χ0) is 15.0. The van der Waals surface area contributed by atoms with Crippen LogP contribution in [0.1, 0.15) is 37.2 Å². The lowest BCUT2D eigenvalue weighted by atomic mass is 10.0. The highest BCUT2D eigenvalue weighted by molar-refractivity contribution is 6.35. The van der Waals surface area contributed by atoms with Crippen LogP contribution in [0.25, 0.3) is 0 Å². The number of halogens is 3. The lowest BCUT2D eigenvalue weighted by Crippen LogP contribution is -2.40. The molecule has 1 amide bonds. The van der Waals surface area contributed by atoms with Crippen molar-refractivity contribution < 1.29 is 4.79 Å². The predicted octanol–water partition coefficient (Wildman–Crippen LogP) is 3.76. The van der Waals surface area contributed by atoms with Crippen molar-refractivity contribution in [3.8, 4) is 0 Å². The molecule has 0 aliphatic heterocycles. The third kappa shape index (κ3) is 3.70. The van der Waals surface area contributed by atoms with Gasteiger partial charge in [-0.3, -0.25) is 4.79 Å². The Bertz CT molecular complexity index is 552. The SMILES string of the molecule is Cl.NCC1CCCC1NC(=O)C1CC1c1ccc(Cl)cc1Cl. The number of carbonyl (C=O) groups is 1. The van der Waals surface area contributed by atoms with Crippen molar-refractivity contribution in [1.82, 2.24) is 5.32 Å². The second-order valence-corrected chi connectivity index (χ2v) is 7.00. The van der Waals surface area contributed by atoms with E-state index in [1.165, 1.54) is 0 Å². The molecule has 0 spiro atoms. The highest BCUT2D eigenvalue weighted by Crippen LogP contribution is 2.50. The van der Waals surface area contributed by atoms with Crippen molar-refractivity contribution in [3.63, 3.8) is 0 Å². The number of nitrogens with one attached hydrogen (secondary N) is 1. The molecule has 0 radical (unpaired) electrons. The maximum Gasteiger partial charge on any atom is 0.223 e. The third-order valence-corrected chi connectivity index (χ3v) is 5.34. The Labute approximate surface area is 147 Å². The quantitative estimate of drug-likeness (QED) is 0.855. The molecule has 3 nitrogen and oxygen atoms in total. The lowest BCUT2D eigenvalue weighted by molar-refractivity contribution is -0.123. The topological polar surface area (TPSA) is 55.1 Å². The normalized spacial score (nSPS) is 29.8. The molecule has 3 N–H and O–H groups in total. The van der Waals surface area contributed by atoms with E-state index >= 15 is 0 Å². The van der Waals surface area contributed by atoms with E-state index in [9.17, 15) is 4.79 Å². The highest BCUT2D eigenvalue weighted by atomic mass is 35.5. The number of carbonyl (C=O) groups excluding carboxylic acids is 1. The maximum absolute atomic E-state index is 12.4. The Hall–Kier alpha value is -0.480. The number of hydrogen-bond donors (Lipinski definition) is 2. The summed E-state index contributed by atoms with van der Waals surface area (Å²) in [6.07, 6.45) is 4.20. The molecule has 2 saturated carbocycles. The van der Waals surface area contributed by atoms with Crippen LogP contribution in [0.3, 0.4) is 0 Å². The fourth-order valence-electron chi connectivity index (χ4n) is 3.43. The summed E-state index contributed by atoms with van der Waals surface area (Å²) >= 11 is 12.1. The van der Waals surface area contributed by atoms with Gasteiger partial charge in [0, 0.05) is 22.0 Å². The molecule has 6 heteroatoms. The molecule has 2 aliphatic carbocycles. The molecule has 0 heterocycles. The first-order valence-corrected chi connectivity index (χ1v) is 8.31. The molecule has 3 rings (SSSR count). The van der Waals surface area contributed by atoms with Crippen LogP contribution in [0.4, 0.5) is 0 Å². The molecule has 2 fully saturated rings. The Morgan fingerprint density at radius 2 is 2.09 bits per heavy atom. The van der Waals surface area contributed by atoms with Crippen LogP contribution >= 0.6 is 35.6 Å². The Balaban J connectivity index is 0.00000176. The van der Waals surface area contributed by atoms with E-state index in [0.717, 1.165) is 31.2 Å². The fourth-order valence-corrected chi connectivity index (χ4v) is 3.98. The van der Waals surface area contributed by atoms with Gasteiger partial charge >= 0.3 is 0 Å². The van der Waals surface area contributed by atoms with Gasteiger partial charge in [0.15, 0.2) is 0 Å². The molecule has 4 unspecified atom stereocenters. The van der Waals surface area contributed by atoms with Gasteiger partial charge in [-0.2, -0.15) is 0 Å². The molecule has 122 valence electrons. The second kappa shape index (κ2) is 7.39. The summed E-state index contributed by atoms with van der Waals surface area (Å²) in [5.74, 6) is 0.858. The molecule has 1 aromatic carbocycles. The van der Waals surface area contributed by atoms with Crippen molar-refractivity contribution in [2.24, 2.45) is 17.6 Å². The van der Waals surface area contributed by atoms with Gasteiger partial charge in [-0.1, -0.05) is 35.7 Å². The van der Waals surface area contributed by atoms with E-state index in [2.05, 4.69) is 5.32 Å². The molecule has 22 heavy (non-hydrogen) atoms. The smallest absolute Gasteiger partial charge is 0.223 e. The predicted molar refractivity (Wildman–Crippen MR) is 92.9 cm³/mol. The van der Waals surface area contributed by atoms with Crippen LogP contribution in [0.2, 0.25) is 10.0 Å². The zero-order valence-corrected chi connectivity index (χ0v) is 14.6. The summed E-state index contributed by atoms with van der Waals surface area (Å²) in [5, 5.41) is 4.47. The van der Waals surface area contributed by atoms with E-state index in [4.69, 9.17) is 28.9 Å². The van der Waals surface area contributed by atoms with Gasteiger partial charge < -0.3 is 11.1 Å². The van der Waals surface area contributed by atoms with E-state index in [0.29, 0.717) is 22.5 Å². The minimum Gasteiger partial charge on any atom is -0.353 e. The average Bonchev–Trinajstić information content (AvgIpc) is 3.11. The van der Waals surface area contributed by atoms with Crippen LogP contribution in [-0.4, -0.2) is 18.5 Å². The molecule has 1 aromatic rings. The van der Waals surface area contributed by atoms with Crippen molar-refractivity contribution in [3.05, 3.63) is 33.8 Å². The van der Waals surface area contributed by atoms with Gasteiger partial charge in [-0.25, -0.2) is 0 Å². The van der Waals surface area contributed by atoms with Crippen LogP contribution in [-0.2, 0) is 4.79 Å². The first-order chi connectivity index (χ1) is 10.1. The summed E-state index contributed by atoms with van der Waals surface area (Å²) in [6, 6.07) is 5.76. The monoisotopic (exact) mass is 362 g/mol. The van der Waals surface area contributed by atoms with Crippen LogP contribution in [0.15, 0.2) is 18.2 Å². The van der Waals surface area contributed by atoms with Gasteiger partial charge in [0.05, 0.1) is 0 Å². The standard InChI is InChI=1S/C16H20Cl2N2O.ClH/c17-10-4-5-11(14(18)6-10)12-7-13(12)16(21)20-15-3-1-2-9(15)8-19;/h4-6,9,12-13,15H,1-3,7-8,19H2,(H,20,21);1H. The van der Waals surface area contributed by atoms with Crippen molar-refractivity contribution in [1.29, 1.82) is 0 Å². The first kappa shape index (κ1) is 17.9. The molecule has 0 aromatic heterocycles. The van der Waals surface area contributed by atoms with Crippen LogP contribution in [0, 0.1) is 11.8 Å². The van der Waals surface area contributed by atoms with E-state index < -0.39 is 0 Å². The highest BCUT2D eigenvalue weighted by Gasteiger charge is 2.45. The van der Waals surface area contributed by atoms with Crippen LogP contribution in [0.5, 0.6) is 0 Å². The van der Waals surface area contributed by atoms with Gasteiger partial charge in [0.1, 0.15) is 0 Å². The number of amides is 1. The van der Waals surface area contributed by atoms with E-state index in [1.54, 1.807) is 6.07 Å². The molecule has 0 bridgehead atoms. The summed E-state index contributed by atoms with van der Waals surface area (Å²) < 4.78 is 0. The number of hydrogen-bond acceptors (Lipinski definition) is 2. The lowest BCUT2D eigenvalue weighted by Gasteiger charge is -2.19. The number of nitrogens with two attached hydrogens (primary N) is 1. The minimum absolute atomic E-state index is 0. The van der Waals surface area contributed by atoms with Gasteiger partial charge in [0.25, 0.3) is 0 Å². The number of rotatable bonds is 4. The van der Waals surface area contributed by atoms with Gasteiger partial charge in [-0.15, -0.1) is 12.4 Å². The largest absolute Gasteiger partial charge is 0.353 e. The van der Waals surface area contributed by atoms with Crippen molar-refractivity contribution in [2.45, 2.75) is 37.6 Å². The zero-order valence-electron chi connectivity index (χ0n) is 12.2. The fraction of sp³-hybridized carbons (Fsp3) is 0.562. The second-order valence-electron chi connectivity index (χ2n) is 6.16. The Kier molecular flexibility index (Phi) is 6.00. The summed E-state index contributed by atoms with van der Waals surface area (Å²) in [4.78, 5) is 12.4. The van der Waals surface area contributed by atoms with Crippen molar-refractivity contribution >= 4 is 41.5 Å². The molecular weight excluding hydrogens is 343 g/mol. The third-order valence-electron chi connectivity index (χ3n) is 4.78. The molecule has 4 atom stereocenters. The summed E-state index contributed by atoms with van der Waals surface area (Å²) in [6.45, 7) is 0.655. The van der Waals surface area contributed by atoms with Gasteiger partial charge in [0.2, 0.25) is 5.91 Å². The summed E-state index contributed by atoms with van der Waals surface area (Å²) in [5.41, 5.74) is 6.79. The van der Waals surface area contributed by atoms with E-state index in [1.807, 2.05) is 12.1 Å². The Morgan fingerprint density at radius 1 is 1.32 bits per heavy atom.